The molecule has 2 aromatic heterocycles. The summed E-state index contributed by atoms with van der Waals surface area (Å²) in [6.07, 6.45) is 10.4. The molecule has 1 N–H and O–H groups in total. The Balaban J connectivity index is 1.53. The highest BCUT2D eigenvalue weighted by Crippen LogP contribution is 2.35. The van der Waals surface area contributed by atoms with E-state index in [2.05, 4.69) is 10.1 Å². The third kappa shape index (κ3) is 4.74. The first kappa shape index (κ1) is 23.3. The van der Waals surface area contributed by atoms with Gasteiger partial charge in [-0.3, -0.25) is 4.57 Å². The van der Waals surface area contributed by atoms with Crippen molar-refractivity contribution in [1.82, 2.24) is 23.9 Å². The van der Waals surface area contributed by atoms with Crippen LogP contribution in [0.25, 0.3) is 11.8 Å². The molecule has 176 valence electrons. The first-order valence-electron chi connectivity index (χ1n) is 10.8. The molecule has 0 aliphatic rings. The van der Waals surface area contributed by atoms with E-state index in [-0.39, 0.29) is 17.8 Å². The number of benzene rings is 2. The van der Waals surface area contributed by atoms with E-state index in [1.54, 1.807) is 30.9 Å². The molecule has 9 heteroatoms. The molecular formula is C25H25F2N5O2. The largest absolute Gasteiger partial charge is 0.383 e. The molecule has 4 rings (SSSR count). The maximum atomic E-state index is 14.6. The normalized spacial score (nSPS) is 14.4. The predicted molar refractivity (Wildman–Crippen MR) is 124 cm³/mol. The van der Waals surface area contributed by atoms with E-state index in [9.17, 15) is 18.7 Å². The van der Waals surface area contributed by atoms with Gasteiger partial charge in [0.1, 0.15) is 29.9 Å². The molecule has 0 saturated carbocycles. The fourth-order valence-corrected chi connectivity index (χ4v) is 3.92. The Kier molecular flexibility index (Phi) is 6.56. The minimum Gasteiger partial charge on any atom is -0.383 e. The molecule has 34 heavy (non-hydrogen) atoms. The van der Waals surface area contributed by atoms with Crippen LogP contribution in [0, 0.1) is 17.6 Å². The van der Waals surface area contributed by atoms with Crippen molar-refractivity contribution in [2.24, 2.45) is 13.0 Å². The number of allylic oxidation sites excluding steroid dienone is 1. The molecule has 0 unspecified atom stereocenters. The van der Waals surface area contributed by atoms with Gasteiger partial charge in [-0.2, -0.15) is 5.10 Å². The van der Waals surface area contributed by atoms with Gasteiger partial charge in [-0.1, -0.05) is 37.3 Å². The Morgan fingerprint density at radius 1 is 1.15 bits per heavy atom. The highest BCUT2D eigenvalue weighted by atomic mass is 19.1. The molecule has 4 aromatic rings. The molecule has 7 nitrogen and oxygen atoms in total. The molecule has 0 radical (unpaired) electrons. The summed E-state index contributed by atoms with van der Waals surface area (Å²) in [4.78, 5) is 16.0. The molecule has 0 aliphatic heterocycles. The number of nitrogens with zero attached hydrogens (tertiary/aromatic N) is 5. The van der Waals surface area contributed by atoms with E-state index in [1.807, 2.05) is 36.4 Å². The van der Waals surface area contributed by atoms with Gasteiger partial charge in [0.15, 0.2) is 0 Å². The van der Waals surface area contributed by atoms with Crippen LogP contribution in [0.4, 0.5) is 8.78 Å². The highest BCUT2D eigenvalue weighted by Gasteiger charge is 2.38. The van der Waals surface area contributed by atoms with Gasteiger partial charge < -0.3 is 9.67 Å². The topological polar surface area (TPSA) is 77.9 Å². The summed E-state index contributed by atoms with van der Waals surface area (Å²) < 4.78 is 32.6. The Labute approximate surface area is 195 Å². The number of hydrogen-bond acceptors (Lipinski definition) is 4. The fourth-order valence-electron chi connectivity index (χ4n) is 3.92. The SMILES string of the molecule is C[C@@H](C/C=C/c1ccc(-n2ccn(C)c2=O)cc1)[C@](O)(Cn1cncn1)c1ccc(F)cc1F. The summed E-state index contributed by atoms with van der Waals surface area (Å²) in [6.45, 7) is 1.76. The Morgan fingerprint density at radius 3 is 2.53 bits per heavy atom. The van der Waals surface area contributed by atoms with Crippen LogP contribution in [-0.4, -0.2) is 29.0 Å². The van der Waals surface area contributed by atoms with E-state index in [0.29, 0.717) is 6.42 Å². The third-order valence-electron chi connectivity index (χ3n) is 6.00. The average Bonchev–Trinajstić information content (AvgIpc) is 3.44. The lowest BCUT2D eigenvalue weighted by Gasteiger charge is -2.34. The van der Waals surface area contributed by atoms with Crippen molar-refractivity contribution in [3.63, 3.8) is 0 Å². The molecule has 0 aliphatic carbocycles. The molecule has 0 saturated heterocycles. The van der Waals surface area contributed by atoms with Crippen molar-refractivity contribution in [3.8, 4) is 5.69 Å². The Bertz CT molecular complexity index is 1340. The zero-order chi connectivity index (χ0) is 24.3. The Hall–Kier alpha value is -3.85. The van der Waals surface area contributed by atoms with Crippen molar-refractivity contribution >= 4 is 6.08 Å². The molecule has 2 aromatic carbocycles. The molecule has 0 spiro atoms. The minimum absolute atomic E-state index is 0.00274. The van der Waals surface area contributed by atoms with Crippen LogP contribution in [0.1, 0.15) is 24.5 Å². The van der Waals surface area contributed by atoms with Crippen molar-refractivity contribution in [3.05, 3.63) is 107 Å². The molecule has 2 heterocycles. The lowest BCUT2D eigenvalue weighted by molar-refractivity contribution is -0.0379. The van der Waals surface area contributed by atoms with E-state index in [1.165, 1.54) is 28.0 Å². The van der Waals surface area contributed by atoms with Gasteiger partial charge in [0.05, 0.1) is 12.2 Å². The number of aryl methyl sites for hydroxylation is 1. The zero-order valence-electron chi connectivity index (χ0n) is 18.8. The van der Waals surface area contributed by atoms with Gasteiger partial charge in [-0.25, -0.2) is 23.2 Å². The van der Waals surface area contributed by atoms with Gasteiger partial charge in [0, 0.05) is 31.1 Å². The third-order valence-corrected chi connectivity index (χ3v) is 6.00. The van der Waals surface area contributed by atoms with Gasteiger partial charge in [-0.05, 0) is 36.1 Å². The number of imidazole rings is 1. The first-order valence-corrected chi connectivity index (χ1v) is 10.8. The van der Waals surface area contributed by atoms with E-state index >= 15 is 0 Å². The van der Waals surface area contributed by atoms with Crippen molar-refractivity contribution in [2.75, 3.05) is 0 Å². The maximum Gasteiger partial charge on any atom is 0.332 e. The predicted octanol–water partition coefficient (Wildman–Crippen LogP) is 3.67. The van der Waals surface area contributed by atoms with Crippen LogP contribution in [0.2, 0.25) is 0 Å². The second kappa shape index (κ2) is 9.56. The lowest BCUT2D eigenvalue weighted by atomic mass is 9.80. The fraction of sp³-hybridized carbons (Fsp3) is 0.240. The van der Waals surface area contributed by atoms with E-state index < -0.39 is 23.2 Å². The van der Waals surface area contributed by atoms with Crippen molar-refractivity contribution in [2.45, 2.75) is 25.5 Å². The Morgan fingerprint density at radius 2 is 1.91 bits per heavy atom. The molecular weight excluding hydrogens is 440 g/mol. The van der Waals surface area contributed by atoms with Crippen LogP contribution in [0.3, 0.4) is 0 Å². The van der Waals surface area contributed by atoms with Gasteiger partial charge in [0.25, 0.3) is 0 Å². The highest BCUT2D eigenvalue weighted by molar-refractivity contribution is 5.51. The van der Waals surface area contributed by atoms with Crippen LogP contribution >= 0.6 is 0 Å². The summed E-state index contributed by atoms with van der Waals surface area (Å²) in [5.74, 6) is -1.96. The summed E-state index contributed by atoms with van der Waals surface area (Å²) >= 11 is 0. The second-order valence-corrected chi connectivity index (χ2v) is 8.33. The van der Waals surface area contributed by atoms with Crippen molar-refractivity contribution < 1.29 is 13.9 Å². The minimum atomic E-state index is -1.64. The van der Waals surface area contributed by atoms with Crippen LogP contribution in [0.15, 0.2) is 78.4 Å². The van der Waals surface area contributed by atoms with Crippen LogP contribution in [0.5, 0.6) is 0 Å². The molecule has 0 amide bonds. The van der Waals surface area contributed by atoms with E-state index in [4.69, 9.17) is 0 Å². The van der Waals surface area contributed by atoms with Crippen LogP contribution < -0.4 is 5.69 Å². The van der Waals surface area contributed by atoms with Gasteiger partial charge in [0.2, 0.25) is 0 Å². The van der Waals surface area contributed by atoms with Gasteiger partial charge >= 0.3 is 5.69 Å². The molecule has 0 bridgehead atoms. The zero-order valence-corrected chi connectivity index (χ0v) is 18.8. The molecule has 0 fully saturated rings. The first-order chi connectivity index (χ1) is 16.3. The number of aliphatic hydroxyl groups is 1. The summed E-state index contributed by atoms with van der Waals surface area (Å²) in [7, 11) is 1.69. The van der Waals surface area contributed by atoms with E-state index in [0.717, 1.165) is 23.4 Å². The summed E-state index contributed by atoms with van der Waals surface area (Å²) in [5, 5.41) is 15.6. The number of rotatable bonds is 8. The molecule has 2 atom stereocenters. The maximum absolute atomic E-state index is 14.6. The lowest BCUT2D eigenvalue weighted by Crippen LogP contribution is -2.39. The number of aromatic nitrogens is 5. The summed E-state index contributed by atoms with van der Waals surface area (Å²) in [5.41, 5.74) is -0.105. The number of halogens is 2. The van der Waals surface area contributed by atoms with Crippen LogP contribution in [-0.2, 0) is 19.2 Å². The number of hydrogen-bond donors (Lipinski definition) is 1. The average molecular weight is 466 g/mol. The quantitative estimate of drug-likeness (QED) is 0.431. The summed E-state index contributed by atoms with van der Waals surface area (Å²) in [6, 6.07) is 10.6. The smallest absolute Gasteiger partial charge is 0.332 e. The monoisotopic (exact) mass is 465 g/mol. The standard InChI is InChI=1S/C25H25F2N5O2/c1-18(4-3-5-19-6-9-21(10-7-19)32-13-12-30(2)24(32)33)25(34,15-31-17-28-16-29-31)22-11-8-20(26)14-23(22)27/h3,5-14,16-18,34H,4,15H2,1-2H3/b5-3+/t18-,25+/m0/s1. The van der Waals surface area contributed by atoms with Crippen molar-refractivity contribution in [1.29, 1.82) is 0 Å². The van der Waals surface area contributed by atoms with Gasteiger partial charge in [-0.15, -0.1) is 0 Å². The second-order valence-electron chi connectivity index (χ2n) is 8.33.